The number of hydrogen-bond donors (Lipinski definition) is 2. The van der Waals surface area contributed by atoms with Crippen molar-refractivity contribution in [2.24, 2.45) is 0 Å². The molecule has 1 heterocycles. The topological polar surface area (TPSA) is 61.4 Å². The first-order valence-corrected chi connectivity index (χ1v) is 6.66. The maximum Gasteiger partial charge on any atom is 0.402 e. The third-order valence-corrected chi connectivity index (χ3v) is 4.22. The summed E-state index contributed by atoms with van der Waals surface area (Å²) in [4.78, 5) is 0. The van der Waals surface area contributed by atoms with E-state index in [2.05, 4.69) is 5.32 Å². The Morgan fingerprint density at radius 1 is 1.35 bits per heavy atom. The van der Waals surface area contributed by atoms with Gasteiger partial charge in [0.25, 0.3) is 10.2 Å². The van der Waals surface area contributed by atoms with E-state index in [0.29, 0.717) is 25.9 Å². The highest BCUT2D eigenvalue weighted by Crippen LogP contribution is 2.16. The van der Waals surface area contributed by atoms with E-state index in [1.807, 2.05) is 0 Å². The van der Waals surface area contributed by atoms with Crippen LogP contribution in [0.5, 0.6) is 0 Å². The van der Waals surface area contributed by atoms with Crippen molar-refractivity contribution in [3.05, 3.63) is 0 Å². The van der Waals surface area contributed by atoms with Gasteiger partial charge in [0.05, 0.1) is 0 Å². The van der Waals surface area contributed by atoms with Crippen LogP contribution in [-0.2, 0) is 10.2 Å². The van der Waals surface area contributed by atoms with Crippen LogP contribution in [0.25, 0.3) is 0 Å². The molecule has 17 heavy (non-hydrogen) atoms. The fourth-order valence-electron chi connectivity index (χ4n) is 1.64. The zero-order chi connectivity index (χ0) is 13.1. The molecule has 102 valence electrons. The van der Waals surface area contributed by atoms with Crippen LogP contribution in [0.15, 0.2) is 0 Å². The van der Waals surface area contributed by atoms with Gasteiger partial charge in [-0.25, -0.2) is 0 Å². The van der Waals surface area contributed by atoms with E-state index < -0.39 is 22.9 Å². The first-order chi connectivity index (χ1) is 7.72. The van der Waals surface area contributed by atoms with Gasteiger partial charge in [-0.2, -0.15) is 30.6 Å². The molecule has 0 aromatic carbocycles. The molecule has 1 aliphatic rings. The zero-order valence-corrected chi connectivity index (χ0v) is 10.2. The van der Waals surface area contributed by atoms with Crippen molar-refractivity contribution < 1.29 is 21.6 Å². The Morgan fingerprint density at radius 3 is 2.35 bits per heavy atom. The Morgan fingerprint density at radius 2 is 1.88 bits per heavy atom. The minimum Gasteiger partial charge on any atom is -0.317 e. The molecule has 0 aromatic heterocycles. The summed E-state index contributed by atoms with van der Waals surface area (Å²) in [5.74, 6) is 0. The Labute approximate surface area is 98.5 Å². The minimum atomic E-state index is -4.54. The minimum absolute atomic E-state index is 0.248. The number of halogens is 3. The van der Waals surface area contributed by atoms with E-state index in [1.165, 1.54) is 7.05 Å². The standard InChI is InChI=1S/C8H16F3N3O2S/c1-14(7-2-4-12-5-3-7)17(15,16)13-6-8(9,10)11/h7,12-13H,2-6H2,1H3. The summed E-state index contributed by atoms with van der Waals surface area (Å²) in [5.41, 5.74) is 0. The monoisotopic (exact) mass is 275 g/mol. The maximum atomic E-state index is 11.9. The summed E-state index contributed by atoms with van der Waals surface area (Å²) in [6.07, 6.45) is -3.34. The van der Waals surface area contributed by atoms with Crippen LogP contribution >= 0.6 is 0 Å². The van der Waals surface area contributed by atoms with Gasteiger partial charge in [-0.05, 0) is 25.9 Å². The van der Waals surface area contributed by atoms with Gasteiger partial charge in [0.15, 0.2) is 0 Å². The highest BCUT2D eigenvalue weighted by atomic mass is 32.2. The van der Waals surface area contributed by atoms with E-state index in [0.717, 1.165) is 4.31 Å². The molecule has 1 saturated heterocycles. The van der Waals surface area contributed by atoms with Crippen LogP contribution in [0, 0.1) is 0 Å². The van der Waals surface area contributed by atoms with Gasteiger partial charge in [0.1, 0.15) is 6.54 Å². The molecule has 0 saturated carbocycles. The summed E-state index contributed by atoms with van der Waals surface area (Å²) in [6, 6.07) is -0.248. The van der Waals surface area contributed by atoms with Gasteiger partial charge < -0.3 is 5.32 Å². The Hall–Kier alpha value is -0.380. The highest BCUT2D eigenvalue weighted by molar-refractivity contribution is 7.87. The molecule has 0 aromatic rings. The summed E-state index contributed by atoms with van der Waals surface area (Å²) in [7, 11) is -2.76. The molecule has 2 N–H and O–H groups in total. The third-order valence-electron chi connectivity index (χ3n) is 2.66. The van der Waals surface area contributed by atoms with E-state index in [4.69, 9.17) is 0 Å². The number of alkyl halides is 3. The number of nitrogens with one attached hydrogen (secondary N) is 2. The molecule has 1 aliphatic heterocycles. The Bertz CT molecular complexity index is 338. The molecule has 0 radical (unpaired) electrons. The lowest BCUT2D eigenvalue weighted by Crippen LogP contribution is -2.49. The van der Waals surface area contributed by atoms with Crippen molar-refractivity contribution in [1.82, 2.24) is 14.3 Å². The molecule has 5 nitrogen and oxygen atoms in total. The van der Waals surface area contributed by atoms with Crippen LogP contribution in [0.3, 0.4) is 0 Å². The Balaban J connectivity index is 2.56. The summed E-state index contributed by atoms with van der Waals surface area (Å²) >= 11 is 0. The fraction of sp³-hybridized carbons (Fsp3) is 1.00. The molecular weight excluding hydrogens is 259 g/mol. The van der Waals surface area contributed by atoms with Gasteiger partial charge in [-0.15, -0.1) is 0 Å². The predicted molar refractivity (Wildman–Crippen MR) is 56.6 cm³/mol. The summed E-state index contributed by atoms with van der Waals surface area (Å²) in [6.45, 7) is -0.196. The normalized spacial score (nSPS) is 19.8. The second-order valence-electron chi connectivity index (χ2n) is 3.94. The van der Waals surface area contributed by atoms with Crippen molar-refractivity contribution in [3.8, 4) is 0 Å². The lowest BCUT2D eigenvalue weighted by atomic mass is 10.1. The van der Waals surface area contributed by atoms with Crippen molar-refractivity contribution in [3.63, 3.8) is 0 Å². The van der Waals surface area contributed by atoms with Crippen molar-refractivity contribution in [2.45, 2.75) is 25.1 Å². The third kappa shape index (κ3) is 4.78. The number of rotatable bonds is 4. The smallest absolute Gasteiger partial charge is 0.317 e. The molecule has 0 bridgehead atoms. The molecule has 0 aliphatic carbocycles. The van der Waals surface area contributed by atoms with Crippen molar-refractivity contribution in [2.75, 3.05) is 26.7 Å². The summed E-state index contributed by atoms with van der Waals surface area (Å²) < 4.78 is 61.5. The second-order valence-corrected chi connectivity index (χ2v) is 5.75. The zero-order valence-electron chi connectivity index (χ0n) is 9.42. The van der Waals surface area contributed by atoms with Gasteiger partial charge in [0.2, 0.25) is 0 Å². The van der Waals surface area contributed by atoms with Crippen LogP contribution in [0.1, 0.15) is 12.8 Å². The highest BCUT2D eigenvalue weighted by Gasteiger charge is 2.33. The lowest BCUT2D eigenvalue weighted by molar-refractivity contribution is -0.121. The van der Waals surface area contributed by atoms with Crippen LogP contribution in [0.4, 0.5) is 13.2 Å². The van der Waals surface area contributed by atoms with Crippen LogP contribution in [0.2, 0.25) is 0 Å². The second kappa shape index (κ2) is 5.51. The average Bonchev–Trinajstić information content (AvgIpc) is 2.26. The number of hydrogen-bond acceptors (Lipinski definition) is 3. The molecule has 0 atom stereocenters. The molecule has 1 rings (SSSR count). The van der Waals surface area contributed by atoms with Crippen molar-refractivity contribution >= 4 is 10.2 Å². The van der Waals surface area contributed by atoms with E-state index in [9.17, 15) is 21.6 Å². The van der Waals surface area contributed by atoms with Crippen LogP contribution in [-0.4, -0.2) is 51.6 Å². The first-order valence-electron chi connectivity index (χ1n) is 5.22. The maximum absolute atomic E-state index is 11.9. The fourth-order valence-corrected chi connectivity index (χ4v) is 2.79. The SMILES string of the molecule is CN(C1CCNCC1)S(=O)(=O)NCC(F)(F)F. The quantitative estimate of drug-likeness (QED) is 0.763. The average molecular weight is 275 g/mol. The molecular formula is C8H16F3N3O2S. The molecule has 0 unspecified atom stereocenters. The van der Waals surface area contributed by atoms with E-state index in [-0.39, 0.29) is 6.04 Å². The number of nitrogens with zero attached hydrogens (tertiary/aromatic N) is 1. The van der Waals surface area contributed by atoms with Gasteiger partial charge in [-0.1, -0.05) is 0 Å². The lowest BCUT2D eigenvalue weighted by Gasteiger charge is -2.30. The van der Waals surface area contributed by atoms with Crippen molar-refractivity contribution in [1.29, 1.82) is 0 Å². The van der Waals surface area contributed by atoms with Gasteiger partial charge >= 0.3 is 6.18 Å². The number of piperidine rings is 1. The first kappa shape index (κ1) is 14.7. The van der Waals surface area contributed by atoms with E-state index in [1.54, 1.807) is 4.72 Å². The van der Waals surface area contributed by atoms with Crippen LogP contribution < -0.4 is 10.0 Å². The molecule has 9 heteroatoms. The van der Waals surface area contributed by atoms with Gasteiger partial charge in [-0.3, -0.25) is 0 Å². The molecule has 1 fully saturated rings. The summed E-state index contributed by atoms with van der Waals surface area (Å²) in [5, 5.41) is 3.06. The molecule has 0 amide bonds. The predicted octanol–water partition coefficient (Wildman–Crippen LogP) is 0.0669. The molecule has 0 spiro atoms. The Kier molecular flexibility index (Phi) is 4.76. The van der Waals surface area contributed by atoms with E-state index >= 15 is 0 Å². The largest absolute Gasteiger partial charge is 0.402 e. The van der Waals surface area contributed by atoms with Gasteiger partial charge in [0, 0.05) is 13.1 Å².